The Hall–Kier alpha value is -2.30. The number of para-hydroxylation sites is 1. The number of nitrogens with one attached hydrogen (secondary N) is 1. The second-order valence-corrected chi connectivity index (χ2v) is 10.9. The third-order valence-electron chi connectivity index (χ3n) is 9.63. The molecule has 4 heteroatoms. The van der Waals surface area contributed by atoms with Crippen LogP contribution in [0, 0.1) is 5.92 Å². The maximum Gasteiger partial charge on any atom is 0.119 e. The Morgan fingerprint density at radius 2 is 1.94 bits per heavy atom. The van der Waals surface area contributed by atoms with Crippen LogP contribution in [-0.2, 0) is 24.7 Å². The minimum absolute atomic E-state index is 0.161. The lowest BCUT2D eigenvalue weighted by molar-refractivity contribution is -0.157. The topological polar surface area (TPSA) is 59.5 Å². The molecule has 3 N–H and O–H groups in total. The normalized spacial score (nSPS) is 35.3. The molecular weight excluding hydrogens is 384 g/mol. The van der Waals surface area contributed by atoms with E-state index < -0.39 is 5.60 Å². The third-order valence-corrected chi connectivity index (χ3v) is 9.63. The summed E-state index contributed by atoms with van der Waals surface area (Å²) < 4.78 is 0. The van der Waals surface area contributed by atoms with Gasteiger partial charge in [-0.3, -0.25) is 4.90 Å². The highest BCUT2D eigenvalue weighted by molar-refractivity contribution is 5.86. The number of likely N-dealkylation sites (tertiary alicyclic amines) is 1. The van der Waals surface area contributed by atoms with Gasteiger partial charge >= 0.3 is 0 Å². The molecule has 0 amide bonds. The Morgan fingerprint density at radius 3 is 2.81 bits per heavy atom. The van der Waals surface area contributed by atoms with Crippen molar-refractivity contribution in [2.45, 2.75) is 61.5 Å². The first-order chi connectivity index (χ1) is 15.1. The van der Waals surface area contributed by atoms with Crippen molar-refractivity contribution in [3.05, 3.63) is 64.3 Å². The van der Waals surface area contributed by atoms with Crippen molar-refractivity contribution in [1.82, 2.24) is 9.88 Å². The molecule has 8 rings (SSSR count). The SMILES string of the molecule is Oc1ccc2c3c1C[C@H]1c4[nH]c5ccccc5c4C[C@@]4(O)C(C2)N(CC2CC2)CCC314. The van der Waals surface area contributed by atoms with Crippen molar-refractivity contribution >= 4 is 10.9 Å². The minimum atomic E-state index is -0.783. The first-order valence-corrected chi connectivity index (χ1v) is 12.0. The molecule has 4 nitrogen and oxygen atoms in total. The second kappa shape index (κ2) is 5.36. The largest absolute Gasteiger partial charge is 0.508 e. The smallest absolute Gasteiger partial charge is 0.119 e. The maximum absolute atomic E-state index is 12.8. The summed E-state index contributed by atoms with van der Waals surface area (Å²) in [6, 6.07) is 12.8. The number of hydrogen-bond acceptors (Lipinski definition) is 3. The average Bonchev–Trinajstić information content (AvgIpc) is 3.40. The third kappa shape index (κ3) is 1.88. The Bertz CT molecular complexity index is 1270. The van der Waals surface area contributed by atoms with E-state index >= 15 is 0 Å². The molecule has 2 unspecified atom stereocenters. The highest BCUT2D eigenvalue weighted by atomic mass is 16.3. The van der Waals surface area contributed by atoms with Crippen LogP contribution in [0.3, 0.4) is 0 Å². The summed E-state index contributed by atoms with van der Waals surface area (Å²) in [6.07, 6.45) is 6.11. The van der Waals surface area contributed by atoms with E-state index in [1.807, 2.05) is 6.07 Å². The molecule has 158 valence electrons. The van der Waals surface area contributed by atoms with Gasteiger partial charge in [0, 0.05) is 46.9 Å². The van der Waals surface area contributed by atoms with Gasteiger partial charge in [0.05, 0.1) is 5.60 Å². The molecule has 5 aliphatic rings. The number of rotatable bonds is 2. The number of piperidine rings is 1. The number of aromatic hydroxyl groups is 1. The molecule has 2 heterocycles. The number of fused-ring (bicyclic) bond motifs is 4. The van der Waals surface area contributed by atoms with E-state index in [-0.39, 0.29) is 17.4 Å². The first kappa shape index (κ1) is 17.3. The van der Waals surface area contributed by atoms with Crippen molar-refractivity contribution < 1.29 is 10.2 Å². The quantitative estimate of drug-likeness (QED) is 0.600. The van der Waals surface area contributed by atoms with Gasteiger partial charge in [0.15, 0.2) is 0 Å². The predicted octanol–water partition coefficient (Wildman–Crippen LogP) is 3.78. The van der Waals surface area contributed by atoms with E-state index in [2.05, 4.69) is 40.2 Å². The van der Waals surface area contributed by atoms with Crippen LogP contribution in [0.5, 0.6) is 5.75 Å². The molecule has 4 atom stereocenters. The second-order valence-electron chi connectivity index (χ2n) is 10.9. The van der Waals surface area contributed by atoms with Crippen molar-refractivity contribution in [1.29, 1.82) is 0 Å². The lowest BCUT2D eigenvalue weighted by atomic mass is 9.48. The van der Waals surface area contributed by atoms with E-state index in [0.29, 0.717) is 12.2 Å². The summed E-state index contributed by atoms with van der Waals surface area (Å²) in [6.45, 7) is 2.19. The highest BCUT2D eigenvalue weighted by Crippen LogP contribution is 2.67. The van der Waals surface area contributed by atoms with Crippen molar-refractivity contribution in [2.24, 2.45) is 5.92 Å². The molecule has 2 fully saturated rings. The fourth-order valence-corrected chi connectivity index (χ4v) is 8.24. The van der Waals surface area contributed by atoms with Gasteiger partial charge < -0.3 is 15.2 Å². The molecule has 2 aromatic carbocycles. The summed E-state index contributed by atoms with van der Waals surface area (Å²) in [7, 11) is 0. The highest BCUT2D eigenvalue weighted by Gasteiger charge is 2.71. The van der Waals surface area contributed by atoms with Gasteiger partial charge in [0.2, 0.25) is 0 Å². The summed E-state index contributed by atoms with van der Waals surface area (Å²) in [5.41, 5.74) is 6.49. The van der Waals surface area contributed by atoms with Crippen LogP contribution >= 0.6 is 0 Å². The van der Waals surface area contributed by atoms with Gasteiger partial charge in [-0.1, -0.05) is 24.3 Å². The molecule has 1 aromatic heterocycles. The van der Waals surface area contributed by atoms with E-state index in [1.54, 1.807) is 0 Å². The van der Waals surface area contributed by atoms with Gasteiger partial charge in [0.25, 0.3) is 0 Å². The monoisotopic (exact) mass is 412 g/mol. The Kier molecular flexibility index (Phi) is 2.99. The molecule has 2 bridgehead atoms. The number of phenolic OH excluding ortho intramolecular Hbond substituents is 1. The molecule has 1 aliphatic heterocycles. The van der Waals surface area contributed by atoms with E-state index in [1.165, 1.54) is 46.1 Å². The summed E-state index contributed by atoms with van der Waals surface area (Å²) in [4.78, 5) is 6.40. The number of hydrogen-bond donors (Lipinski definition) is 3. The Labute approximate surface area is 181 Å². The predicted molar refractivity (Wildman–Crippen MR) is 120 cm³/mol. The molecule has 3 aromatic rings. The number of aromatic nitrogens is 1. The molecule has 1 saturated heterocycles. The van der Waals surface area contributed by atoms with Crippen LogP contribution in [0.25, 0.3) is 10.9 Å². The molecule has 4 aliphatic carbocycles. The number of phenols is 1. The van der Waals surface area contributed by atoms with Crippen molar-refractivity contribution in [3.8, 4) is 5.75 Å². The van der Waals surface area contributed by atoms with Gasteiger partial charge in [0.1, 0.15) is 5.75 Å². The lowest BCUT2D eigenvalue weighted by Gasteiger charge is -2.64. The van der Waals surface area contributed by atoms with Crippen molar-refractivity contribution in [2.75, 3.05) is 13.1 Å². The number of aliphatic hydroxyl groups is 1. The van der Waals surface area contributed by atoms with Crippen LogP contribution < -0.4 is 0 Å². The van der Waals surface area contributed by atoms with E-state index in [0.717, 1.165) is 43.8 Å². The summed E-state index contributed by atoms with van der Waals surface area (Å²) in [5, 5.41) is 24.9. The zero-order valence-corrected chi connectivity index (χ0v) is 17.7. The molecule has 31 heavy (non-hydrogen) atoms. The Morgan fingerprint density at radius 1 is 1.06 bits per heavy atom. The molecule has 1 saturated carbocycles. The fraction of sp³-hybridized carbons (Fsp3) is 0.481. The van der Waals surface area contributed by atoms with Crippen LogP contribution in [0.2, 0.25) is 0 Å². The van der Waals surface area contributed by atoms with Crippen LogP contribution in [-0.4, -0.2) is 44.8 Å². The van der Waals surface area contributed by atoms with Crippen molar-refractivity contribution in [3.63, 3.8) is 0 Å². The molecule has 0 radical (unpaired) electrons. The number of H-pyrrole nitrogens is 1. The fourth-order valence-electron chi connectivity index (χ4n) is 8.24. The first-order valence-electron chi connectivity index (χ1n) is 12.0. The van der Waals surface area contributed by atoms with Gasteiger partial charge in [-0.15, -0.1) is 0 Å². The number of nitrogens with zero attached hydrogens (tertiary/aromatic N) is 1. The lowest BCUT2D eigenvalue weighted by Crippen LogP contribution is -2.74. The van der Waals surface area contributed by atoms with Crippen LogP contribution in [0.4, 0.5) is 0 Å². The zero-order chi connectivity index (χ0) is 20.5. The van der Waals surface area contributed by atoms with Crippen LogP contribution in [0.15, 0.2) is 36.4 Å². The molecular formula is C27H28N2O2. The number of aromatic amines is 1. The minimum Gasteiger partial charge on any atom is -0.508 e. The van der Waals surface area contributed by atoms with Gasteiger partial charge in [-0.25, -0.2) is 0 Å². The zero-order valence-electron chi connectivity index (χ0n) is 17.7. The van der Waals surface area contributed by atoms with Gasteiger partial charge in [-0.2, -0.15) is 0 Å². The average molecular weight is 413 g/mol. The molecule has 1 spiro atoms. The Balaban J connectivity index is 1.43. The maximum atomic E-state index is 12.8. The van der Waals surface area contributed by atoms with Crippen LogP contribution in [0.1, 0.15) is 53.1 Å². The standard InChI is InChI=1S/C27H28N2O2/c30-22-8-7-16-11-23-27(31)13-19-17-3-1-2-4-21(17)28-25(19)20-12-18(22)24(16)26(20,27)9-10-29(23)14-15-5-6-15/h1-4,7-8,15,20,23,28,30-31H,5-6,9-14H2/t20-,23?,26?,27+/m0/s1. The van der Waals surface area contributed by atoms with E-state index in [9.17, 15) is 10.2 Å². The van der Waals surface area contributed by atoms with E-state index in [4.69, 9.17) is 0 Å². The summed E-state index contributed by atoms with van der Waals surface area (Å²) in [5.74, 6) is 1.45. The van der Waals surface area contributed by atoms with Gasteiger partial charge in [-0.05, 0) is 79.0 Å². The number of benzene rings is 2. The summed E-state index contributed by atoms with van der Waals surface area (Å²) >= 11 is 0.